The summed E-state index contributed by atoms with van der Waals surface area (Å²) in [4.78, 5) is 0. The molecule has 0 aliphatic carbocycles. The lowest BCUT2D eigenvalue weighted by Crippen LogP contribution is -2.11. The van der Waals surface area contributed by atoms with E-state index >= 15 is 0 Å². The van der Waals surface area contributed by atoms with E-state index < -0.39 is 0 Å². The molecule has 0 unspecified atom stereocenters. The first kappa shape index (κ1) is 9.92. The predicted octanol–water partition coefficient (Wildman–Crippen LogP) is 0.947. The van der Waals surface area contributed by atoms with Crippen LogP contribution in [0.2, 0.25) is 0 Å². The molecule has 2 aromatic heterocycles. The molecule has 5 nitrogen and oxygen atoms in total. The number of aromatic nitrogens is 3. The molecule has 0 saturated heterocycles. The van der Waals surface area contributed by atoms with Crippen molar-refractivity contribution in [2.75, 3.05) is 7.05 Å². The van der Waals surface area contributed by atoms with Gasteiger partial charge in [-0.2, -0.15) is 0 Å². The largest absolute Gasteiger partial charge is 0.344 e. The van der Waals surface area contributed by atoms with Crippen LogP contribution < -0.4 is 5.32 Å². The lowest BCUT2D eigenvalue weighted by Gasteiger charge is -2.06. The Morgan fingerprint density at radius 2 is 2.33 bits per heavy atom. The van der Waals surface area contributed by atoms with Gasteiger partial charge in [0.05, 0.1) is 6.54 Å². The molecule has 0 saturated carbocycles. The number of hydrogen-bond donors (Lipinski definition) is 1. The van der Waals surface area contributed by atoms with E-state index in [1.807, 2.05) is 26.2 Å². The van der Waals surface area contributed by atoms with E-state index in [1.54, 1.807) is 0 Å². The molecule has 0 aromatic carbocycles. The van der Waals surface area contributed by atoms with Gasteiger partial charge in [0.15, 0.2) is 0 Å². The topological polar surface area (TPSA) is 55.9 Å². The van der Waals surface area contributed by atoms with Gasteiger partial charge in [0, 0.05) is 18.4 Å². The van der Waals surface area contributed by atoms with E-state index in [-0.39, 0.29) is 0 Å². The second kappa shape index (κ2) is 4.27. The second-order valence-corrected chi connectivity index (χ2v) is 3.45. The summed E-state index contributed by atoms with van der Waals surface area (Å²) in [5.74, 6) is 0. The fourth-order valence-corrected chi connectivity index (χ4v) is 1.50. The maximum atomic E-state index is 4.66. The Bertz CT molecular complexity index is 432. The van der Waals surface area contributed by atoms with Crippen molar-refractivity contribution in [3.63, 3.8) is 0 Å². The van der Waals surface area contributed by atoms with E-state index in [0.29, 0.717) is 6.54 Å². The molecule has 0 spiro atoms. The summed E-state index contributed by atoms with van der Waals surface area (Å²) in [5.41, 5.74) is 2.95. The molecule has 0 radical (unpaired) electrons. The molecule has 5 heteroatoms. The Kier molecular flexibility index (Phi) is 2.82. The second-order valence-electron chi connectivity index (χ2n) is 3.45. The van der Waals surface area contributed by atoms with E-state index in [0.717, 1.165) is 17.9 Å². The van der Waals surface area contributed by atoms with Gasteiger partial charge in [0.1, 0.15) is 11.4 Å². The van der Waals surface area contributed by atoms with Crippen LogP contribution in [0.4, 0.5) is 0 Å². The third-order valence-corrected chi connectivity index (χ3v) is 2.35. The highest BCUT2D eigenvalue weighted by atomic mass is 16.6. The van der Waals surface area contributed by atoms with Gasteiger partial charge >= 0.3 is 0 Å². The standard InChI is InChI=1S/C10H14N4O/c1-8-10(13-15-12-8)7-14-5-3-4-9(14)6-11-2/h3-5,11H,6-7H2,1-2H3. The van der Waals surface area contributed by atoms with E-state index in [1.165, 1.54) is 5.69 Å². The minimum Gasteiger partial charge on any atom is -0.344 e. The highest BCUT2D eigenvalue weighted by molar-refractivity contribution is 5.12. The third-order valence-electron chi connectivity index (χ3n) is 2.35. The molecular weight excluding hydrogens is 192 g/mol. The number of hydrogen-bond acceptors (Lipinski definition) is 4. The van der Waals surface area contributed by atoms with Crippen molar-refractivity contribution in [3.8, 4) is 0 Å². The normalized spacial score (nSPS) is 10.8. The van der Waals surface area contributed by atoms with Crippen LogP contribution in [0.25, 0.3) is 0 Å². The summed E-state index contributed by atoms with van der Waals surface area (Å²) < 4.78 is 6.79. The van der Waals surface area contributed by atoms with E-state index in [9.17, 15) is 0 Å². The average Bonchev–Trinajstić information content (AvgIpc) is 2.80. The van der Waals surface area contributed by atoms with Crippen LogP contribution >= 0.6 is 0 Å². The summed E-state index contributed by atoms with van der Waals surface area (Å²) in [5, 5.41) is 10.7. The van der Waals surface area contributed by atoms with Gasteiger partial charge in [-0.25, -0.2) is 4.63 Å². The van der Waals surface area contributed by atoms with Crippen LogP contribution in [0.15, 0.2) is 23.0 Å². The van der Waals surface area contributed by atoms with Crippen molar-refractivity contribution in [3.05, 3.63) is 35.4 Å². The Balaban J connectivity index is 2.17. The summed E-state index contributed by atoms with van der Waals surface area (Å²) in [7, 11) is 1.93. The first-order valence-corrected chi connectivity index (χ1v) is 4.88. The van der Waals surface area contributed by atoms with Gasteiger partial charge < -0.3 is 9.88 Å². The van der Waals surface area contributed by atoms with Gasteiger partial charge in [0.25, 0.3) is 0 Å². The first-order chi connectivity index (χ1) is 7.31. The van der Waals surface area contributed by atoms with Crippen molar-refractivity contribution in [2.24, 2.45) is 0 Å². The monoisotopic (exact) mass is 206 g/mol. The Morgan fingerprint density at radius 1 is 1.47 bits per heavy atom. The summed E-state index contributed by atoms with van der Waals surface area (Å²) in [6, 6.07) is 4.11. The van der Waals surface area contributed by atoms with Gasteiger partial charge in [-0.1, -0.05) is 10.3 Å². The number of nitrogens with zero attached hydrogens (tertiary/aromatic N) is 3. The molecule has 2 heterocycles. The highest BCUT2D eigenvalue weighted by Crippen LogP contribution is 2.08. The molecule has 2 aromatic rings. The van der Waals surface area contributed by atoms with Crippen molar-refractivity contribution < 1.29 is 4.63 Å². The minimum absolute atomic E-state index is 0.708. The van der Waals surface area contributed by atoms with Crippen molar-refractivity contribution >= 4 is 0 Å². The van der Waals surface area contributed by atoms with Crippen molar-refractivity contribution in [2.45, 2.75) is 20.0 Å². The van der Waals surface area contributed by atoms with Crippen LogP contribution in [-0.2, 0) is 13.1 Å². The molecule has 2 rings (SSSR count). The Labute approximate surface area is 88.1 Å². The zero-order valence-corrected chi connectivity index (χ0v) is 8.90. The lowest BCUT2D eigenvalue weighted by molar-refractivity contribution is 0.300. The average molecular weight is 206 g/mol. The quantitative estimate of drug-likeness (QED) is 0.809. The highest BCUT2D eigenvalue weighted by Gasteiger charge is 2.07. The Morgan fingerprint density at radius 3 is 3.00 bits per heavy atom. The van der Waals surface area contributed by atoms with Gasteiger partial charge in [0.2, 0.25) is 0 Å². The SMILES string of the molecule is CNCc1cccn1Cc1nonc1C. The summed E-state index contributed by atoms with van der Waals surface area (Å²) in [6.45, 7) is 3.45. The fourth-order valence-electron chi connectivity index (χ4n) is 1.50. The predicted molar refractivity (Wildman–Crippen MR) is 55.3 cm³/mol. The molecule has 0 bridgehead atoms. The molecule has 0 amide bonds. The summed E-state index contributed by atoms with van der Waals surface area (Å²) >= 11 is 0. The lowest BCUT2D eigenvalue weighted by atomic mass is 10.3. The molecular formula is C10H14N4O. The molecule has 0 aliphatic rings. The molecule has 0 atom stereocenters. The molecule has 0 aliphatic heterocycles. The van der Waals surface area contributed by atoms with Gasteiger partial charge in [-0.05, 0) is 26.1 Å². The number of aryl methyl sites for hydroxylation is 1. The van der Waals surface area contributed by atoms with Crippen LogP contribution in [0.5, 0.6) is 0 Å². The molecule has 80 valence electrons. The third kappa shape index (κ3) is 2.07. The molecule has 0 fully saturated rings. The number of rotatable bonds is 4. The fraction of sp³-hybridized carbons (Fsp3) is 0.400. The number of nitrogens with one attached hydrogen (secondary N) is 1. The van der Waals surface area contributed by atoms with Crippen LogP contribution in [-0.4, -0.2) is 21.9 Å². The Hall–Kier alpha value is -1.62. The maximum absolute atomic E-state index is 4.66. The van der Waals surface area contributed by atoms with E-state index in [2.05, 4.69) is 30.9 Å². The van der Waals surface area contributed by atoms with Crippen molar-refractivity contribution in [1.29, 1.82) is 0 Å². The maximum Gasteiger partial charge on any atom is 0.127 e. The van der Waals surface area contributed by atoms with Gasteiger partial charge in [-0.3, -0.25) is 0 Å². The molecule has 1 N–H and O–H groups in total. The van der Waals surface area contributed by atoms with Gasteiger partial charge in [-0.15, -0.1) is 0 Å². The first-order valence-electron chi connectivity index (χ1n) is 4.88. The molecule has 15 heavy (non-hydrogen) atoms. The minimum atomic E-state index is 0.708. The van der Waals surface area contributed by atoms with Crippen LogP contribution in [0.3, 0.4) is 0 Å². The summed E-state index contributed by atoms with van der Waals surface area (Å²) in [6.07, 6.45) is 2.03. The zero-order valence-electron chi connectivity index (χ0n) is 8.90. The zero-order chi connectivity index (χ0) is 10.7. The van der Waals surface area contributed by atoms with Crippen molar-refractivity contribution in [1.82, 2.24) is 20.2 Å². The van der Waals surface area contributed by atoms with Crippen LogP contribution in [0, 0.1) is 6.92 Å². The van der Waals surface area contributed by atoms with Crippen LogP contribution in [0.1, 0.15) is 17.1 Å². The van der Waals surface area contributed by atoms with E-state index in [4.69, 9.17) is 0 Å². The smallest absolute Gasteiger partial charge is 0.127 e.